The Balaban J connectivity index is 1.81. The first kappa shape index (κ1) is 25.6. The molecule has 0 saturated carbocycles. The molecular formula is C22H24F3N7O3. The fraction of sp³-hybridized carbons (Fsp3) is 0.364. The quantitative estimate of drug-likeness (QED) is 0.357. The van der Waals surface area contributed by atoms with E-state index in [2.05, 4.69) is 15.2 Å². The molecule has 0 aliphatic rings. The number of amides is 1. The molecule has 35 heavy (non-hydrogen) atoms. The van der Waals surface area contributed by atoms with Crippen molar-refractivity contribution in [3.63, 3.8) is 0 Å². The number of halogens is 3. The van der Waals surface area contributed by atoms with E-state index in [9.17, 15) is 18.0 Å². The fourth-order valence-electron chi connectivity index (χ4n) is 2.93. The lowest BCUT2D eigenvalue weighted by molar-refractivity contribution is -0.123. The summed E-state index contributed by atoms with van der Waals surface area (Å²) in [5, 5.41) is 26.6. The Morgan fingerprint density at radius 3 is 2.49 bits per heavy atom. The first-order valence-electron chi connectivity index (χ1n) is 10.4. The molecule has 0 atom stereocenters. The van der Waals surface area contributed by atoms with Crippen LogP contribution in [0.1, 0.15) is 53.8 Å². The maximum atomic E-state index is 12.3. The molecule has 1 amide bonds. The third-order valence-corrected chi connectivity index (χ3v) is 4.71. The number of nitrogens with one attached hydrogen (secondary N) is 3. The first-order valence-corrected chi connectivity index (χ1v) is 10.4. The summed E-state index contributed by atoms with van der Waals surface area (Å²) in [5.74, 6) is -0.411. The van der Waals surface area contributed by atoms with Crippen LogP contribution >= 0.6 is 0 Å². The first-order chi connectivity index (χ1) is 16.2. The molecule has 0 radical (unpaired) electrons. The Hall–Kier alpha value is -4.03. The zero-order valence-corrected chi connectivity index (χ0v) is 19.4. The maximum absolute atomic E-state index is 12.3. The van der Waals surface area contributed by atoms with Crippen molar-refractivity contribution < 1.29 is 27.2 Å². The summed E-state index contributed by atoms with van der Waals surface area (Å²) in [4.78, 5) is 15.9. The van der Waals surface area contributed by atoms with Crippen molar-refractivity contribution in [2.75, 3.05) is 6.54 Å². The molecule has 0 aliphatic heterocycles. The minimum absolute atomic E-state index is 0.0285. The number of hydrogen-bond acceptors (Lipinski definition) is 8. The van der Waals surface area contributed by atoms with Gasteiger partial charge in [0.1, 0.15) is 24.4 Å². The Kier molecular flexibility index (Phi) is 7.08. The van der Waals surface area contributed by atoms with E-state index in [-0.39, 0.29) is 35.1 Å². The van der Waals surface area contributed by atoms with E-state index in [4.69, 9.17) is 20.1 Å². The number of hydrogen-bond donors (Lipinski definition) is 3. The molecule has 0 unspecified atom stereocenters. The summed E-state index contributed by atoms with van der Waals surface area (Å²) >= 11 is 0. The van der Waals surface area contributed by atoms with Crippen LogP contribution < -0.4 is 15.5 Å². The molecule has 186 valence electrons. The highest BCUT2D eigenvalue weighted by molar-refractivity contribution is 5.95. The van der Waals surface area contributed by atoms with E-state index in [0.29, 0.717) is 17.0 Å². The van der Waals surface area contributed by atoms with E-state index in [0.717, 1.165) is 10.9 Å². The summed E-state index contributed by atoms with van der Waals surface area (Å²) in [7, 11) is 0. The largest absolute Gasteiger partial charge is 0.470 e. The third-order valence-electron chi connectivity index (χ3n) is 4.71. The molecule has 3 rings (SSSR count). The van der Waals surface area contributed by atoms with E-state index in [1.54, 1.807) is 24.4 Å². The van der Waals surface area contributed by atoms with Crippen molar-refractivity contribution in [2.24, 2.45) is 0 Å². The van der Waals surface area contributed by atoms with Crippen molar-refractivity contribution in [3.05, 3.63) is 64.2 Å². The van der Waals surface area contributed by atoms with Gasteiger partial charge in [0.15, 0.2) is 11.5 Å². The maximum Gasteiger partial charge on any atom is 0.405 e. The molecule has 13 heteroatoms. The van der Waals surface area contributed by atoms with Crippen molar-refractivity contribution in [1.29, 1.82) is 10.8 Å². The lowest BCUT2D eigenvalue weighted by atomic mass is 9.88. The normalized spacial score (nSPS) is 11.9. The molecule has 3 aromatic rings. The Bertz CT molecular complexity index is 1290. The highest BCUT2D eigenvalue weighted by Gasteiger charge is 2.28. The smallest absolute Gasteiger partial charge is 0.405 e. The van der Waals surface area contributed by atoms with Crippen LogP contribution in [-0.4, -0.2) is 44.4 Å². The molecule has 0 spiro atoms. The van der Waals surface area contributed by atoms with Gasteiger partial charge in [-0.1, -0.05) is 25.9 Å². The molecule has 3 N–H and O–H groups in total. The number of pyridine rings is 1. The van der Waals surface area contributed by atoms with Gasteiger partial charge in [0, 0.05) is 17.8 Å². The monoisotopic (exact) mass is 491 g/mol. The van der Waals surface area contributed by atoms with Crippen LogP contribution in [0.5, 0.6) is 5.88 Å². The zero-order valence-electron chi connectivity index (χ0n) is 19.4. The summed E-state index contributed by atoms with van der Waals surface area (Å²) in [6, 6.07) is 5.88. The standard InChI is InChI=1S/C22H24F3N7O3/c1-12-7-16(31-35-12)18(27)32-17(26)8-15(21(2,3)4)20(30-32)34-10-14-6-5-13(9-28-14)19(33)29-11-22(23,24)25/h5-9,26-27H,10-11H2,1-4H3,(H,29,33). The number of alkyl halides is 3. The number of carbonyl (C=O) groups is 1. The van der Waals surface area contributed by atoms with Gasteiger partial charge in [-0.25, -0.2) is 0 Å². The predicted molar refractivity (Wildman–Crippen MR) is 117 cm³/mol. The fourth-order valence-corrected chi connectivity index (χ4v) is 2.93. The van der Waals surface area contributed by atoms with Crippen LogP contribution in [0.4, 0.5) is 13.2 Å². The summed E-state index contributed by atoms with van der Waals surface area (Å²) in [6.45, 7) is 5.92. The third kappa shape index (κ3) is 6.52. The van der Waals surface area contributed by atoms with Crippen molar-refractivity contribution in [2.45, 2.75) is 45.9 Å². The van der Waals surface area contributed by atoms with Gasteiger partial charge < -0.3 is 14.6 Å². The van der Waals surface area contributed by atoms with Crippen molar-refractivity contribution >= 4 is 11.7 Å². The van der Waals surface area contributed by atoms with Gasteiger partial charge in [-0.3, -0.25) is 20.6 Å². The number of rotatable bonds is 6. The van der Waals surface area contributed by atoms with E-state index in [1.165, 1.54) is 12.1 Å². The van der Waals surface area contributed by atoms with Crippen LogP contribution in [0.15, 0.2) is 35.0 Å². The van der Waals surface area contributed by atoms with Crippen molar-refractivity contribution in [3.8, 4) is 5.88 Å². The van der Waals surface area contributed by atoms with Crippen LogP contribution in [0, 0.1) is 17.7 Å². The molecular weight excluding hydrogens is 467 g/mol. The molecule has 10 nitrogen and oxygen atoms in total. The van der Waals surface area contributed by atoms with Gasteiger partial charge in [-0.15, -0.1) is 5.10 Å². The van der Waals surface area contributed by atoms with E-state index >= 15 is 0 Å². The summed E-state index contributed by atoms with van der Waals surface area (Å²) < 4.78 is 48.8. The summed E-state index contributed by atoms with van der Waals surface area (Å²) in [6.07, 6.45) is -3.36. The predicted octanol–water partition coefficient (Wildman–Crippen LogP) is 3.10. The van der Waals surface area contributed by atoms with Crippen LogP contribution in [-0.2, 0) is 12.0 Å². The van der Waals surface area contributed by atoms with Crippen LogP contribution in [0.25, 0.3) is 0 Å². The topological polar surface area (TPSA) is 143 Å². The van der Waals surface area contributed by atoms with Gasteiger partial charge in [0.05, 0.1) is 11.3 Å². The SMILES string of the molecule is Cc1cc(C(=N)n2nc(OCc3ccc(C(=O)NCC(F)(F)F)cn3)c(C(C)(C)C)cc2=N)no1. The summed E-state index contributed by atoms with van der Waals surface area (Å²) in [5.41, 5.74) is 0.676. The second-order valence-corrected chi connectivity index (χ2v) is 8.71. The second-order valence-electron chi connectivity index (χ2n) is 8.71. The number of carbonyl (C=O) groups excluding carboxylic acids is 1. The van der Waals surface area contributed by atoms with Gasteiger partial charge in [0.25, 0.3) is 5.91 Å². The molecule has 3 heterocycles. The molecule has 3 aromatic heterocycles. The Morgan fingerprint density at radius 1 is 1.23 bits per heavy atom. The van der Waals surface area contributed by atoms with Gasteiger partial charge in [-0.2, -0.15) is 17.9 Å². The van der Waals surface area contributed by atoms with Gasteiger partial charge >= 0.3 is 6.18 Å². The van der Waals surface area contributed by atoms with Gasteiger partial charge in [0.2, 0.25) is 5.88 Å². The average molecular weight is 491 g/mol. The second kappa shape index (κ2) is 9.68. The van der Waals surface area contributed by atoms with Crippen molar-refractivity contribution in [1.82, 2.24) is 25.2 Å². The number of aromatic nitrogens is 4. The molecule has 0 saturated heterocycles. The molecule has 0 bridgehead atoms. The minimum atomic E-state index is -4.51. The molecule has 0 aromatic carbocycles. The van der Waals surface area contributed by atoms with Crippen LogP contribution in [0.3, 0.4) is 0 Å². The van der Waals surface area contributed by atoms with Crippen LogP contribution in [0.2, 0.25) is 0 Å². The van der Waals surface area contributed by atoms with Gasteiger partial charge in [-0.05, 0) is 30.5 Å². The zero-order chi connectivity index (χ0) is 26.0. The number of aryl methyl sites for hydroxylation is 1. The molecule has 0 aliphatic carbocycles. The molecule has 0 fully saturated rings. The number of nitrogens with zero attached hydrogens (tertiary/aromatic N) is 4. The minimum Gasteiger partial charge on any atom is -0.470 e. The Morgan fingerprint density at radius 2 is 1.94 bits per heavy atom. The van der Waals surface area contributed by atoms with E-state index < -0.39 is 24.0 Å². The highest BCUT2D eigenvalue weighted by Crippen LogP contribution is 2.28. The lowest BCUT2D eigenvalue weighted by Crippen LogP contribution is -2.33. The van der Waals surface area contributed by atoms with E-state index in [1.807, 2.05) is 20.8 Å². The highest BCUT2D eigenvalue weighted by atomic mass is 19.4. The number of ether oxygens (including phenoxy) is 1. The average Bonchev–Trinajstić information content (AvgIpc) is 3.21. The lowest BCUT2D eigenvalue weighted by Gasteiger charge is -2.22. The Labute approximate surface area is 198 Å².